The van der Waals surface area contributed by atoms with Crippen molar-refractivity contribution in [3.8, 4) is 5.75 Å². The van der Waals surface area contributed by atoms with Crippen molar-refractivity contribution in [3.63, 3.8) is 0 Å². The third-order valence-corrected chi connectivity index (χ3v) is 9.99. The molecule has 2 heterocycles. The molecule has 0 spiro atoms. The van der Waals surface area contributed by atoms with Gasteiger partial charge in [-0.2, -0.15) is 0 Å². The van der Waals surface area contributed by atoms with Gasteiger partial charge in [0.05, 0.1) is 11.6 Å². The highest BCUT2D eigenvalue weighted by Gasteiger charge is 2.48. The Labute approximate surface area is 280 Å². The predicted molar refractivity (Wildman–Crippen MR) is 183 cm³/mol. The topological polar surface area (TPSA) is 92.6 Å². The van der Waals surface area contributed by atoms with Gasteiger partial charge in [0.1, 0.15) is 23.9 Å². The Morgan fingerprint density at radius 3 is 2.43 bits per heavy atom. The van der Waals surface area contributed by atoms with Gasteiger partial charge >= 0.3 is 5.91 Å². The number of halogens is 1. The zero-order valence-electron chi connectivity index (χ0n) is 26.0. The molecule has 10 heteroatoms. The van der Waals surface area contributed by atoms with E-state index in [2.05, 4.69) is 30.1 Å². The van der Waals surface area contributed by atoms with Crippen LogP contribution in [0.15, 0.2) is 107 Å². The lowest BCUT2D eigenvalue weighted by Gasteiger charge is -2.23. The summed E-state index contributed by atoms with van der Waals surface area (Å²) in [4.78, 5) is 28.6. The van der Waals surface area contributed by atoms with Crippen molar-refractivity contribution in [1.29, 1.82) is 0 Å². The number of ether oxygens (including phenoxy) is 1. The van der Waals surface area contributed by atoms with E-state index in [0.717, 1.165) is 28.0 Å². The molecule has 0 radical (unpaired) electrons. The zero-order chi connectivity index (χ0) is 33.1. The smallest absolute Gasteiger partial charge is 0.301 e. The summed E-state index contributed by atoms with van der Waals surface area (Å²) in [6.07, 6.45) is 0. The van der Waals surface area contributed by atoms with Gasteiger partial charge in [0.25, 0.3) is 5.78 Å². The first-order valence-corrected chi connectivity index (χ1v) is 16.9. The fraction of sp³-hybridized carbons (Fsp3) is 0.189. The Morgan fingerprint density at radius 2 is 1.72 bits per heavy atom. The number of aliphatic hydroxyl groups is 1. The molecule has 1 N–H and O–H groups in total. The van der Waals surface area contributed by atoms with Crippen LogP contribution in [0.4, 0.5) is 9.52 Å². The SMILES string of the molecule is Cc1cccc(COc2ccc(/C(O)=C3\C(=O)C(=O)N(c4nnc(SCc5ccccc5F)s4)C3c3ccc(C(C)C)cc3)cc2)c1. The first-order valence-electron chi connectivity index (χ1n) is 15.1. The van der Waals surface area contributed by atoms with E-state index in [0.29, 0.717) is 39.1 Å². The van der Waals surface area contributed by atoms with Crippen molar-refractivity contribution in [1.82, 2.24) is 10.2 Å². The van der Waals surface area contributed by atoms with Crippen LogP contribution < -0.4 is 9.64 Å². The molecule has 1 unspecified atom stereocenters. The quantitative estimate of drug-likeness (QED) is 0.0525. The maximum atomic E-state index is 14.2. The molecule has 0 bridgehead atoms. The van der Waals surface area contributed by atoms with Crippen molar-refractivity contribution >= 4 is 45.7 Å². The number of thioether (sulfide) groups is 1. The lowest BCUT2D eigenvalue weighted by molar-refractivity contribution is -0.132. The molecule has 5 aromatic rings. The van der Waals surface area contributed by atoms with E-state index >= 15 is 0 Å². The van der Waals surface area contributed by atoms with Crippen LogP contribution in [0.25, 0.3) is 5.76 Å². The number of benzene rings is 4. The highest BCUT2D eigenvalue weighted by molar-refractivity contribution is 8.00. The standard InChI is InChI=1S/C37H32FN3O4S2/c1-22(2)25-11-13-26(14-12-25)32-31(33(42)27-15-17-29(18-16-27)45-20-24-8-6-7-23(3)19-24)34(43)35(44)41(32)36-39-40-37(47-36)46-21-28-9-4-5-10-30(28)38/h4-19,22,32,42H,20-21H2,1-3H3/b33-31+. The van der Waals surface area contributed by atoms with Crippen LogP contribution in [-0.2, 0) is 21.9 Å². The van der Waals surface area contributed by atoms with Crippen molar-refractivity contribution in [2.24, 2.45) is 0 Å². The van der Waals surface area contributed by atoms with Gasteiger partial charge in [-0.1, -0.05) is 109 Å². The second kappa shape index (κ2) is 13.9. The Hall–Kier alpha value is -4.80. The summed E-state index contributed by atoms with van der Waals surface area (Å²) in [6, 6.07) is 28.0. The molecule has 1 aromatic heterocycles. The predicted octanol–water partition coefficient (Wildman–Crippen LogP) is 8.61. The molecule has 1 saturated heterocycles. The van der Waals surface area contributed by atoms with Crippen LogP contribution in [0.1, 0.15) is 59.2 Å². The fourth-order valence-electron chi connectivity index (χ4n) is 5.35. The Kier molecular flexibility index (Phi) is 9.51. The van der Waals surface area contributed by atoms with E-state index in [-0.39, 0.29) is 28.2 Å². The largest absolute Gasteiger partial charge is 0.507 e. The minimum absolute atomic E-state index is 0.0449. The third kappa shape index (κ3) is 6.99. The molecule has 7 nitrogen and oxygen atoms in total. The van der Waals surface area contributed by atoms with Gasteiger partial charge in [0.2, 0.25) is 5.13 Å². The van der Waals surface area contributed by atoms with Crippen LogP contribution in [-0.4, -0.2) is 27.0 Å². The number of nitrogens with zero attached hydrogens (tertiary/aromatic N) is 3. The van der Waals surface area contributed by atoms with Crippen LogP contribution in [0.5, 0.6) is 5.75 Å². The fourth-order valence-corrected chi connectivity index (χ4v) is 7.21. The summed E-state index contributed by atoms with van der Waals surface area (Å²) < 4.78 is 20.6. The molecule has 4 aromatic carbocycles. The van der Waals surface area contributed by atoms with Crippen LogP contribution in [0.2, 0.25) is 0 Å². The number of hydrogen-bond acceptors (Lipinski definition) is 8. The van der Waals surface area contributed by atoms with Gasteiger partial charge < -0.3 is 9.84 Å². The molecule has 6 rings (SSSR count). The lowest BCUT2D eigenvalue weighted by Crippen LogP contribution is -2.29. The minimum Gasteiger partial charge on any atom is -0.507 e. The second-order valence-electron chi connectivity index (χ2n) is 11.5. The molecular formula is C37H32FN3O4S2. The van der Waals surface area contributed by atoms with Gasteiger partial charge in [-0.25, -0.2) is 4.39 Å². The van der Waals surface area contributed by atoms with Gasteiger partial charge in [-0.15, -0.1) is 10.2 Å². The lowest BCUT2D eigenvalue weighted by atomic mass is 9.93. The Balaban J connectivity index is 1.31. The summed E-state index contributed by atoms with van der Waals surface area (Å²) in [7, 11) is 0. The number of rotatable bonds is 10. The van der Waals surface area contributed by atoms with Gasteiger partial charge in [-0.3, -0.25) is 14.5 Å². The summed E-state index contributed by atoms with van der Waals surface area (Å²) in [5.74, 6) is -1.05. The molecule has 47 heavy (non-hydrogen) atoms. The summed E-state index contributed by atoms with van der Waals surface area (Å²) in [5, 5.41) is 20.3. The molecule has 0 aliphatic carbocycles. The zero-order valence-corrected chi connectivity index (χ0v) is 27.6. The summed E-state index contributed by atoms with van der Waals surface area (Å²) in [6.45, 7) is 6.56. The third-order valence-electron chi connectivity index (χ3n) is 7.89. The summed E-state index contributed by atoms with van der Waals surface area (Å²) >= 11 is 2.42. The molecule has 1 fully saturated rings. The molecule has 238 valence electrons. The van der Waals surface area contributed by atoms with Gasteiger partial charge in [0.15, 0.2) is 4.34 Å². The Morgan fingerprint density at radius 1 is 0.979 bits per heavy atom. The van der Waals surface area contributed by atoms with Crippen molar-refractivity contribution in [3.05, 3.63) is 142 Å². The van der Waals surface area contributed by atoms with E-state index in [9.17, 15) is 19.1 Å². The monoisotopic (exact) mass is 665 g/mol. The average molecular weight is 666 g/mol. The van der Waals surface area contributed by atoms with Crippen LogP contribution in [0.3, 0.4) is 0 Å². The number of amides is 1. The van der Waals surface area contributed by atoms with Crippen molar-refractivity contribution in [2.75, 3.05) is 4.90 Å². The van der Waals surface area contributed by atoms with E-state index in [4.69, 9.17) is 4.74 Å². The number of aromatic nitrogens is 2. The molecule has 1 aliphatic heterocycles. The highest BCUT2D eigenvalue weighted by atomic mass is 32.2. The number of carbonyl (C=O) groups excluding carboxylic acids is 2. The van der Waals surface area contributed by atoms with Gasteiger partial charge in [0, 0.05) is 11.3 Å². The maximum Gasteiger partial charge on any atom is 0.301 e. The summed E-state index contributed by atoms with van der Waals surface area (Å²) in [5.41, 5.74) is 4.75. The first kappa shape index (κ1) is 32.2. The van der Waals surface area contributed by atoms with Gasteiger partial charge in [-0.05, 0) is 65.4 Å². The Bertz CT molecular complexity index is 1960. The second-order valence-corrected chi connectivity index (χ2v) is 13.7. The van der Waals surface area contributed by atoms with E-state index in [1.807, 2.05) is 49.4 Å². The molecule has 0 saturated carbocycles. The van der Waals surface area contributed by atoms with Crippen LogP contribution in [0, 0.1) is 12.7 Å². The molecule has 1 aliphatic rings. The van der Waals surface area contributed by atoms with E-state index in [1.165, 1.54) is 22.7 Å². The van der Waals surface area contributed by atoms with Crippen molar-refractivity contribution in [2.45, 2.75) is 49.4 Å². The number of Topliss-reactive ketones (excluding diaryl/α,β-unsaturated/α-hetero) is 1. The minimum atomic E-state index is -0.939. The average Bonchev–Trinajstić information content (AvgIpc) is 3.65. The number of carbonyl (C=O) groups is 2. The van der Waals surface area contributed by atoms with E-state index in [1.54, 1.807) is 42.5 Å². The molecule has 1 atom stereocenters. The number of hydrogen-bond donors (Lipinski definition) is 1. The molecular weight excluding hydrogens is 634 g/mol. The number of ketones is 1. The number of aryl methyl sites for hydroxylation is 1. The number of aliphatic hydroxyl groups excluding tert-OH is 1. The first-order chi connectivity index (χ1) is 22.7. The maximum absolute atomic E-state index is 14.2. The number of anilines is 1. The van der Waals surface area contributed by atoms with Crippen molar-refractivity contribution < 1.29 is 23.8 Å². The molecule has 1 amide bonds. The highest BCUT2D eigenvalue weighted by Crippen LogP contribution is 2.44. The van der Waals surface area contributed by atoms with E-state index < -0.39 is 17.7 Å². The van der Waals surface area contributed by atoms with Crippen LogP contribution >= 0.6 is 23.1 Å². The normalized spacial score (nSPS) is 15.9.